The molecule has 7 heteroatoms. The maximum Gasteiger partial charge on any atom is 0.321 e. The summed E-state index contributed by atoms with van der Waals surface area (Å²) in [6.07, 6.45) is 0. The van der Waals surface area contributed by atoms with Gasteiger partial charge in [-0.2, -0.15) is 0 Å². The van der Waals surface area contributed by atoms with Gasteiger partial charge in [-0.3, -0.25) is 10.1 Å². The molecule has 1 aromatic heterocycles. The lowest BCUT2D eigenvalue weighted by Crippen LogP contribution is -2.37. The molecule has 1 aliphatic rings. The second-order valence-corrected chi connectivity index (χ2v) is 6.16. The van der Waals surface area contributed by atoms with Crippen molar-refractivity contribution in [3.8, 4) is 22.5 Å². The van der Waals surface area contributed by atoms with Crippen LogP contribution in [-0.2, 0) is 4.74 Å². The van der Waals surface area contributed by atoms with Crippen LogP contribution in [0.4, 0.5) is 11.6 Å². The van der Waals surface area contributed by atoms with E-state index in [-0.39, 0.29) is 5.69 Å². The highest BCUT2D eigenvalue weighted by Gasteiger charge is 2.28. The van der Waals surface area contributed by atoms with Crippen molar-refractivity contribution in [3.05, 3.63) is 70.8 Å². The van der Waals surface area contributed by atoms with E-state index in [1.54, 1.807) is 0 Å². The molecule has 0 spiro atoms. The number of benzene rings is 2. The van der Waals surface area contributed by atoms with Crippen molar-refractivity contribution >= 4 is 11.6 Å². The first-order valence-electron chi connectivity index (χ1n) is 8.74. The molecule has 0 N–H and O–H groups in total. The van der Waals surface area contributed by atoms with Crippen LogP contribution >= 0.6 is 0 Å². The maximum absolute atomic E-state index is 12.0. The van der Waals surface area contributed by atoms with Crippen LogP contribution in [0, 0.1) is 10.1 Å². The molecular formula is C20H18N4O3. The van der Waals surface area contributed by atoms with E-state index in [2.05, 4.69) is 9.97 Å². The molecule has 0 saturated carbocycles. The molecule has 27 heavy (non-hydrogen) atoms. The third-order valence-corrected chi connectivity index (χ3v) is 4.44. The van der Waals surface area contributed by atoms with Crippen molar-refractivity contribution in [3.63, 3.8) is 0 Å². The first-order valence-corrected chi connectivity index (χ1v) is 8.74. The van der Waals surface area contributed by atoms with Gasteiger partial charge in [-0.25, -0.2) is 9.97 Å². The molecule has 2 aromatic carbocycles. The molecule has 4 rings (SSSR count). The second kappa shape index (κ2) is 7.51. The molecule has 2 heterocycles. The Morgan fingerprint density at radius 1 is 0.852 bits per heavy atom. The molecule has 0 amide bonds. The fourth-order valence-electron chi connectivity index (χ4n) is 3.12. The van der Waals surface area contributed by atoms with Crippen molar-refractivity contribution in [1.82, 2.24) is 9.97 Å². The monoisotopic (exact) mass is 362 g/mol. The highest BCUT2D eigenvalue weighted by Crippen LogP contribution is 2.37. The van der Waals surface area contributed by atoms with Crippen LogP contribution < -0.4 is 4.90 Å². The van der Waals surface area contributed by atoms with Crippen LogP contribution in [0.5, 0.6) is 0 Å². The molecule has 0 unspecified atom stereocenters. The Bertz CT molecular complexity index is 881. The van der Waals surface area contributed by atoms with E-state index in [0.717, 1.165) is 0 Å². The Kier molecular flexibility index (Phi) is 4.76. The summed E-state index contributed by atoms with van der Waals surface area (Å²) in [6, 6.07) is 18.4. The Labute approximate surface area is 156 Å². The quantitative estimate of drug-likeness (QED) is 0.521. The van der Waals surface area contributed by atoms with E-state index in [4.69, 9.17) is 4.74 Å². The average molecular weight is 362 g/mol. The summed E-state index contributed by atoms with van der Waals surface area (Å²) in [5, 5.41) is 12.0. The van der Waals surface area contributed by atoms with Crippen LogP contribution in [0.3, 0.4) is 0 Å². The van der Waals surface area contributed by atoms with E-state index in [0.29, 0.717) is 54.8 Å². The third kappa shape index (κ3) is 3.50. The largest absolute Gasteiger partial charge is 0.378 e. The normalized spacial score (nSPS) is 14.1. The zero-order chi connectivity index (χ0) is 18.6. The van der Waals surface area contributed by atoms with Crippen LogP contribution in [0.1, 0.15) is 0 Å². The van der Waals surface area contributed by atoms with Crippen molar-refractivity contribution < 1.29 is 9.66 Å². The number of ether oxygens (including phenoxy) is 1. The number of rotatable bonds is 4. The zero-order valence-electron chi connectivity index (χ0n) is 14.6. The van der Waals surface area contributed by atoms with Gasteiger partial charge in [-0.15, -0.1) is 0 Å². The lowest BCUT2D eigenvalue weighted by molar-refractivity contribution is -0.383. The summed E-state index contributed by atoms with van der Waals surface area (Å²) >= 11 is 0. The Balaban J connectivity index is 1.96. The topological polar surface area (TPSA) is 81.4 Å². The standard InChI is InChI=1S/C20H18N4O3/c25-24(26)19-17(15-7-3-1-4-8-15)21-20(23-11-13-27-14-12-23)22-18(19)16-9-5-2-6-10-16/h1-10H,11-14H2. The third-order valence-electron chi connectivity index (χ3n) is 4.44. The minimum atomic E-state index is -0.395. The Morgan fingerprint density at radius 3 is 1.78 bits per heavy atom. The van der Waals surface area contributed by atoms with Gasteiger partial charge in [0.1, 0.15) is 0 Å². The molecule has 1 saturated heterocycles. The predicted molar refractivity (Wildman–Crippen MR) is 103 cm³/mol. The molecule has 136 valence electrons. The fourth-order valence-corrected chi connectivity index (χ4v) is 3.12. The van der Waals surface area contributed by atoms with Crippen molar-refractivity contribution in [2.45, 2.75) is 0 Å². The summed E-state index contributed by atoms with van der Waals surface area (Å²) in [5.74, 6) is 0.488. The van der Waals surface area contributed by atoms with Crippen molar-refractivity contribution in [1.29, 1.82) is 0 Å². The van der Waals surface area contributed by atoms with Gasteiger partial charge >= 0.3 is 5.69 Å². The molecule has 0 aliphatic carbocycles. The van der Waals surface area contributed by atoms with Gasteiger partial charge in [0, 0.05) is 24.2 Å². The summed E-state index contributed by atoms with van der Waals surface area (Å²) < 4.78 is 5.41. The van der Waals surface area contributed by atoms with Gasteiger partial charge in [0.2, 0.25) is 5.95 Å². The zero-order valence-corrected chi connectivity index (χ0v) is 14.6. The SMILES string of the molecule is O=[N+]([O-])c1c(-c2ccccc2)nc(N2CCOCC2)nc1-c1ccccc1. The maximum atomic E-state index is 12.0. The molecular weight excluding hydrogens is 344 g/mol. The summed E-state index contributed by atoms with van der Waals surface area (Å²) in [7, 11) is 0. The molecule has 1 fully saturated rings. The molecule has 0 bridgehead atoms. The minimum absolute atomic E-state index is 0.0793. The number of nitro groups is 1. The van der Waals surface area contributed by atoms with Crippen LogP contribution in [0.25, 0.3) is 22.5 Å². The molecule has 0 radical (unpaired) electrons. The summed E-state index contributed by atoms with van der Waals surface area (Å²) in [6.45, 7) is 2.48. The highest BCUT2D eigenvalue weighted by molar-refractivity contribution is 5.82. The molecule has 3 aromatic rings. The number of nitrogens with zero attached hydrogens (tertiary/aromatic N) is 4. The van der Waals surface area contributed by atoms with Crippen LogP contribution in [0.2, 0.25) is 0 Å². The lowest BCUT2D eigenvalue weighted by atomic mass is 10.0. The van der Waals surface area contributed by atoms with Gasteiger partial charge < -0.3 is 9.64 Å². The number of hydrogen-bond acceptors (Lipinski definition) is 6. The van der Waals surface area contributed by atoms with Crippen molar-refractivity contribution in [2.75, 3.05) is 31.2 Å². The van der Waals surface area contributed by atoms with Gasteiger partial charge in [-0.1, -0.05) is 60.7 Å². The fraction of sp³-hybridized carbons (Fsp3) is 0.200. The van der Waals surface area contributed by atoms with E-state index >= 15 is 0 Å². The Morgan fingerprint density at radius 2 is 1.33 bits per heavy atom. The van der Waals surface area contributed by atoms with Gasteiger partial charge in [0.05, 0.1) is 18.1 Å². The number of anilines is 1. The summed E-state index contributed by atoms with van der Waals surface area (Å²) in [4.78, 5) is 22.8. The van der Waals surface area contributed by atoms with E-state index in [1.807, 2.05) is 65.6 Å². The van der Waals surface area contributed by atoms with Crippen LogP contribution in [0.15, 0.2) is 60.7 Å². The number of hydrogen-bond donors (Lipinski definition) is 0. The minimum Gasteiger partial charge on any atom is -0.378 e. The molecule has 1 aliphatic heterocycles. The van der Waals surface area contributed by atoms with Crippen molar-refractivity contribution in [2.24, 2.45) is 0 Å². The van der Waals surface area contributed by atoms with E-state index in [1.165, 1.54) is 0 Å². The molecule has 0 atom stereocenters. The first-order chi connectivity index (χ1) is 13.2. The predicted octanol–water partition coefficient (Wildman–Crippen LogP) is 3.56. The van der Waals surface area contributed by atoms with Gasteiger partial charge in [-0.05, 0) is 0 Å². The smallest absolute Gasteiger partial charge is 0.321 e. The van der Waals surface area contributed by atoms with E-state index in [9.17, 15) is 10.1 Å². The highest BCUT2D eigenvalue weighted by atomic mass is 16.6. The van der Waals surface area contributed by atoms with E-state index < -0.39 is 4.92 Å². The van der Waals surface area contributed by atoms with Gasteiger partial charge in [0.15, 0.2) is 11.4 Å². The number of aromatic nitrogens is 2. The summed E-state index contributed by atoms with van der Waals surface area (Å²) in [5.41, 5.74) is 1.97. The lowest BCUT2D eigenvalue weighted by Gasteiger charge is -2.27. The Hall–Kier alpha value is -3.32. The second-order valence-electron chi connectivity index (χ2n) is 6.16. The van der Waals surface area contributed by atoms with Crippen LogP contribution in [-0.4, -0.2) is 41.2 Å². The number of morpholine rings is 1. The van der Waals surface area contributed by atoms with Gasteiger partial charge in [0.25, 0.3) is 0 Å². The first kappa shape index (κ1) is 17.1. The molecule has 7 nitrogen and oxygen atoms in total. The average Bonchev–Trinajstić information content (AvgIpc) is 2.74.